The summed E-state index contributed by atoms with van der Waals surface area (Å²) in [7, 11) is 1.67. The van der Waals surface area contributed by atoms with Gasteiger partial charge in [0.25, 0.3) is 11.5 Å². The van der Waals surface area contributed by atoms with Gasteiger partial charge in [0.05, 0.1) is 12.7 Å². The molecule has 1 fully saturated rings. The van der Waals surface area contributed by atoms with Crippen LogP contribution in [0.1, 0.15) is 46.4 Å². The van der Waals surface area contributed by atoms with Crippen molar-refractivity contribution in [3.8, 4) is 11.8 Å². The van der Waals surface area contributed by atoms with Crippen LogP contribution in [0.4, 0.5) is 0 Å². The van der Waals surface area contributed by atoms with Crippen molar-refractivity contribution in [1.29, 1.82) is 5.26 Å². The van der Waals surface area contributed by atoms with E-state index in [0.717, 1.165) is 31.4 Å². The van der Waals surface area contributed by atoms with Gasteiger partial charge >= 0.3 is 0 Å². The lowest BCUT2D eigenvalue weighted by Crippen LogP contribution is -2.40. The van der Waals surface area contributed by atoms with Gasteiger partial charge in [0, 0.05) is 18.8 Å². The topological polar surface area (TPSA) is 86.2 Å². The first-order chi connectivity index (χ1) is 13.5. The number of carbonyl (C=O) groups is 1. The molecule has 2 aromatic rings. The minimum absolute atomic E-state index is 0.0273. The highest BCUT2D eigenvalue weighted by Crippen LogP contribution is 2.24. The first-order valence-corrected chi connectivity index (χ1v) is 9.58. The van der Waals surface area contributed by atoms with Crippen LogP contribution in [0.15, 0.2) is 35.1 Å². The van der Waals surface area contributed by atoms with Crippen LogP contribution in [0.3, 0.4) is 0 Å². The Labute approximate surface area is 164 Å². The molecule has 6 heteroatoms. The number of aryl methyl sites for hydroxylation is 2. The lowest BCUT2D eigenvalue weighted by atomic mass is 9.91. The summed E-state index contributed by atoms with van der Waals surface area (Å²) in [5, 5.41) is 9.08. The van der Waals surface area contributed by atoms with Crippen LogP contribution in [0.25, 0.3) is 0 Å². The molecule has 1 aromatic heterocycles. The van der Waals surface area contributed by atoms with Crippen LogP contribution in [-0.4, -0.2) is 36.0 Å². The smallest absolute Gasteiger partial charge is 0.266 e. The number of aromatic nitrogens is 1. The Bertz CT molecular complexity index is 958. The Kier molecular flexibility index (Phi) is 6.15. The average Bonchev–Trinajstić information content (AvgIpc) is 2.72. The van der Waals surface area contributed by atoms with Gasteiger partial charge in [-0.2, -0.15) is 5.26 Å². The van der Waals surface area contributed by atoms with Crippen molar-refractivity contribution >= 4 is 5.91 Å². The van der Waals surface area contributed by atoms with Crippen LogP contribution >= 0.6 is 0 Å². The number of nitriles is 1. The zero-order valence-electron chi connectivity index (χ0n) is 16.3. The third-order valence-corrected chi connectivity index (χ3v) is 5.37. The summed E-state index contributed by atoms with van der Waals surface area (Å²) in [6, 6.07) is 11.4. The molecule has 1 aliphatic rings. The lowest BCUT2D eigenvalue weighted by Gasteiger charge is -2.33. The third-order valence-electron chi connectivity index (χ3n) is 5.37. The predicted molar refractivity (Wildman–Crippen MR) is 106 cm³/mol. The number of piperidine rings is 1. The molecule has 0 aliphatic carbocycles. The molecule has 1 amide bonds. The van der Waals surface area contributed by atoms with Gasteiger partial charge in [0.15, 0.2) is 0 Å². The van der Waals surface area contributed by atoms with Gasteiger partial charge in [-0.25, -0.2) is 0 Å². The number of carbonyl (C=O) groups excluding carboxylic acids is 1. The van der Waals surface area contributed by atoms with E-state index in [1.54, 1.807) is 14.0 Å². The molecular weight excluding hydrogens is 354 g/mol. The number of nitrogens with zero attached hydrogens (tertiary/aromatic N) is 2. The van der Waals surface area contributed by atoms with Crippen LogP contribution in [-0.2, 0) is 6.42 Å². The summed E-state index contributed by atoms with van der Waals surface area (Å²) in [5.41, 5.74) is 1.67. The number of H-pyrrole nitrogens is 1. The maximum Gasteiger partial charge on any atom is 0.266 e. The van der Waals surface area contributed by atoms with E-state index in [4.69, 9.17) is 10.00 Å². The summed E-state index contributed by atoms with van der Waals surface area (Å²) in [5.74, 6) is 1.18. The zero-order chi connectivity index (χ0) is 20.1. The molecule has 0 spiro atoms. The second-order valence-electron chi connectivity index (χ2n) is 7.31. The number of ether oxygens (including phenoxy) is 1. The number of amides is 1. The average molecular weight is 379 g/mol. The minimum Gasteiger partial charge on any atom is -0.497 e. The monoisotopic (exact) mass is 379 g/mol. The van der Waals surface area contributed by atoms with Crippen LogP contribution in [0.5, 0.6) is 5.75 Å². The van der Waals surface area contributed by atoms with E-state index >= 15 is 0 Å². The molecule has 0 saturated carbocycles. The zero-order valence-corrected chi connectivity index (χ0v) is 16.3. The van der Waals surface area contributed by atoms with E-state index in [9.17, 15) is 9.59 Å². The lowest BCUT2D eigenvalue weighted by molar-refractivity contribution is 0.0667. The quantitative estimate of drug-likeness (QED) is 0.865. The molecule has 0 bridgehead atoms. The number of hydrogen-bond acceptors (Lipinski definition) is 4. The summed E-state index contributed by atoms with van der Waals surface area (Å²) >= 11 is 0. The molecule has 1 aromatic carbocycles. The normalized spacial score (nSPS) is 16.5. The number of methoxy groups -OCH3 is 1. The fraction of sp³-hybridized carbons (Fsp3) is 0.409. The number of aromatic amines is 1. The first kappa shape index (κ1) is 19.7. The van der Waals surface area contributed by atoms with Gasteiger partial charge in [-0.1, -0.05) is 12.1 Å². The van der Waals surface area contributed by atoms with Gasteiger partial charge in [-0.15, -0.1) is 0 Å². The van der Waals surface area contributed by atoms with Crippen molar-refractivity contribution < 1.29 is 9.53 Å². The maximum atomic E-state index is 13.0. The molecule has 2 heterocycles. The second kappa shape index (κ2) is 8.75. The van der Waals surface area contributed by atoms with Gasteiger partial charge in [-0.05, 0) is 62.3 Å². The fourth-order valence-corrected chi connectivity index (χ4v) is 3.78. The highest BCUT2D eigenvalue weighted by atomic mass is 16.5. The Morgan fingerprint density at radius 3 is 2.96 bits per heavy atom. The van der Waals surface area contributed by atoms with Crippen molar-refractivity contribution in [3.63, 3.8) is 0 Å². The van der Waals surface area contributed by atoms with Crippen molar-refractivity contribution in [1.82, 2.24) is 9.88 Å². The van der Waals surface area contributed by atoms with E-state index in [-0.39, 0.29) is 11.5 Å². The summed E-state index contributed by atoms with van der Waals surface area (Å²) < 4.78 is 5.28. The molecule has 1 aliphatic heterocycles. The Balaban J connectivity index is 1.67. The Morgan fingerprint density at radius 1 is 1.39 bits per heavy atom. The van der Waals surface area contributed by atoms with Crippen molar-refractivity contribution in [3.05, 3.63) is 63.1 Å². The summed E-state index contributed by atoms with van der Waals surface area (Å²) in [6.45, 7) is 3.10. The summed E-state index contributed by atoms with van der Waals surface area (Å²) in [4.78, 5) is 29.2. The minimum atomic E-state index is -0.452. The number of pyridine rings is 1. The number of benzene rings is 1. The van der Waals surface area contributed by atoms with Gasteiger partial charge in [-0.3, -0.25) is 9.59 Å². The number of likely N-dealkylation sites (tertiary alicyclic amines) is 1. The van der Waals surface area contributed by atoms with Gasteiger partial charge < -0.3 is 14.6 Å². The summed E-state index contributed by atoms with van der Waals surface area (Å²) in [6.07, 6.45) is 4.01. The van der Waals surface area contributed by atoms with Crippen molar-refractivity contribution in [2.75, 3.05) is 20.2 Å². The highest BCUT2D eigenvalue weighted by molar-refractivity contribution is 5.95. The standard InChI is InChI=1S/C22H25N3O3/c1-15-20(12-18(13-23)21(26)24-15)22(27)25-10-4-6-17(14-25)9-8-16-5-3-7-19(11-16)28-2/h3,5,7,11-12,17H,4,6,8-10,14H2,1-2H3,(H,24,26). The largest absolute Gasteiger partial charge is 0.497 e. The van der Waals surface area contributed by atoms with E-state index < -0.39 is 5.56 Å². The molecule has 28 heavy (non-hydrogen) atoms. The van der Waals surface area contributed by atoms with Crippen molar-refractivity contribution in [2.45, 2.75) is 32.6 Å². The molecule has 0 radical (unpaired) electrons. The molecule has 6 nitrogen and oxygen atoms in total. The first-order valence-electron chi connectivity index (χ1n) is 9.58. The third kappa shape index (κ3) is 4.42. The molecule has 3 rings (SSSR count). The SMILES string of the molecule is COc1cccc(CCC2CCCN(C(=O)c3cc(C#N)c(=O)[nH]c3C)C2)c1. The van der Waals surface area contributed by atoms with E-state index in [1.807, 2.05) is 23.1 Å². The molecular formula is C22H25N3O3. The number of hydrogen-bond donors (Lipinski definition) is 1. The molecule has 1 saturated heterocycles. The number of rotatable bonds is 5. The van der Waals surface area contributed by atoms with Gasteiger partial charge in [0.1, 0.15) is 17.4 Å². The van der Waals surface area contributed by atoms with E-state index in [0.29, 0.717) is 30.3 Å². The van der Waals surface area contributed by atoms with E-state index in [2.05, 4.69) is 17.1 Å². The molecule has 146 valence electrons. The molecule has 1 N–H and O–H groups in total. The predicted octanol–water partition coefficient (Wildman–Crippen LogP) is 3.05. The molecule has 1 unspecified atom stereocenters. The van der Waals surface area contributed by atoms with Crippen LogP contribution in [0, 0.1) is 24.2 Å². The van der Waals surface area contributed by atoms with Crippen molar-refractivity contribution in [2.24, 2.45) is 5.92 Å². The molecule has 1 atom stereocenters. The Hall–Kier alpha value is -3.07. The van der Waals surface area contributed by atoms with E-state index in [1.165, 1.54) is 11.6 Å². The Morgan fingerprint density at radius 2 is 2.21 bits per heavy atom. The fourth-order valence-electron chi connectivity index (χ4n) is 3.78. The van der Waals surface area contributed by atoms with Crippen LogP contribution < -0.4 is 10.3 Å². The van der Waals surface area contributed by atoms with Gasteiger partial charge in [0.2, 0.25) is 0 Å². The maximum absolute atomic E-state index is 13.0. The van der Waals surface area contributed by atoms with Crippen LogP contribution in [0.2, 0.25) is 0 Å². The second-order valence-corrected chi connectivity index (χ2v) is 7.31. The highest BCUT2D eigenvalue weighted by Gasteiger charge is 2.26. The number of nitrogens with one attached hydrogen (secondary N) is 1.